The van der Waals surface area contributed by atoms with Crippen molar-refractivity contribution < 1.29 is 9.18 Å². The zero-order valence-corrected chi connectivity index (χ0v) is 18.1. The van der Waals surface area contributed by atoms with E-state index in [2.05, 4.69) is 19.2 Å². The maximum absolute atomic E-state index is 15.0. The van der Waals surface area contributed by atoms with E-state index in [-0.39, 0.29) is 22.3 Å². The van der Waals surface area contributed by atoms with Crippen molar-refractivity contribution in [2.75, 3.05) is 44.2 Å². The highest BCUT2D eigenvalue weighted by molar-refractivity contribution is 5.98. The lowest BCUT2D eigenvalue weighted by Gasteiger charge is -2.35. The first-order valence-corrected chi connectivity index (χ1v) is 11.0. The number of carbonyl (C=O) groups excluding carboxylic acids is 1. The Morgan fingerprint density at radius 1 is 1.17 bits per heavy atom. The minimum atomic E-state index is -0.408. The molecule has 7 heteroatoms. The van der Waals surface area contributed by atoms with Gasteiger partial charge in [-0.3, -0.25) is 9.59 Å². The first-order chi connectivity index (χ1) is 14.4. The number of hydrogen-bond donors (Lipinski definition) is 1. The van der Waals surface area contributed by atoms with Crippen LogP contribution in [0.4, 0.5) is 10.1 Å². The standard InChI is InChI=1S/C23H31FN4O2/c1-4-26-14-18(23(30)28-12-15(2)9-16(3)13-28)22(29)17-10-19(24)21(11-20(17)26)27-7-5-25-6-8-27/h10-11,14-16,25H,4-9,12-13H2,1-3H3. The average Bonchev–Trinajstić information content (AvgIpc) is 2.73. The molecule has 1 aromatic carbocycles. The minimum absolute atomic E-state index is 0.139. The Balaban J connectivity index is 1.78. The maximum Gasteiger partial charge on any atom is 0.259 e. The molecular formula is C23H31FN4O2. The molecule has 2 saturated heterocycles. The number of nitrogens with one attached hydrogen (secondary N) is 1. The number of aromatic nitrogens is 1. The van der Waals surface area contributed by atoms with Gasteiger partial charge in [0.1, 0.15) is 11.4 Å². The van der Waals surface area contributed by atoms with Gasteiger partial charge in [0, 0.05) is 57.4 Å². The lowest BCUT2D eigenvalue weighted by Crippen LogP contribution is -2.44. The molecule has 2 unspecified atom stereocenters. The first kappa shape index (κ1) is 20.8. The van der Waals surface area contributed by atoms with E-state index < -0.39 is 5.82 Å². The maximum atomic E-state index is 15.0. The topological polar surface area (TPSA) is 57.6 Å². The third-order valence-corrected chi connectivity index (χ3v) is 6.33. The summed E-state index contributed by atoms with van der Waals surface area (Å²) in [5.41, 5.74) is 0.953. The molecule has 0 aliphatic carbocycles. The zero-order chi connectivity index (χ0) is 21.4. The van der Waals surface area contributed by atoms with E-state index in [1.165, 1.54) is 6.07 Å². The molecule has 3 heterocycles. The molecule has 2 aliphatic rings. The van der Waals surface area contributed by atoms with Gasteiger partial charge in [0.2, 0.25) is 5.43 Å². The van der Waals surface area contributed by atoms with Crippen molar-refractivity contribution in [1.29, 1.82) is 0 Å². The van der Waals surface area contributed by atoms with E-state index in [0.29, 0.717) is 42.7 Å². The van der Waals surface area contributed by atoms with Crippen LogP contribution in [0.5, 0.6) is 0 Å². The summed E-state index contributed by atoms with van der Waals surface area (Å²) < 4.78 is 16.9. The number of piperazine rings is 1. The van der Waals surface area contributed by atoms with Crippen LogP contribution in [0, 0.1) is 17.7 Å². The number of likely N-dealkylation sites (tertiary alicyclic amines) is 1. The van der Waals surface area contributed by atoms with E-state index in [1.807, 2.05) is 16.4 Å². The summed E-state index contributed by atoms with van der Waals surface area (Å²) in [6, 6.07) is 3.08. The second-order valence-electron chi connectivity index (χ2n) is 8.87. The third-order valence-electron chi connectivity index (χ3n) is 6.33. The zero-order valence-electron chi connectivity index (χ0n) is 18.1. The Labute approximate surface area is 176 Å². The summed E-state index contributed by atoms with van der Waals surface area (Å²) in [5.74, 6) is 0.166. The molecule has 1 N–H and O–H groups in total. The van der Waals surface area contributed by atoms with Gasteiger partial charge in [-0.1, -0.05) is 13.8 Å². The van der Waals surface area contributed by atoms with Gasteiger partial charge in [-0.15, -0.1) is 0 Å². The summed E-state index contributed by atoms with van der Waals surface area (Å²) in [6.45, 7) is 11.2. The van der Waals surface area contributed by atoms with Crippen molar-refractivity contribution in [1.82, 2.24) is 14.8 Å². The van der Waals surface area contributed by atoms with E-state index in [1.54, 1.807) is 17.2 Å². The van der Waals surface area contributed by atoms with E-state index in [0.717, 1.165) is 32.6 Å². The minimum Gasteiger partial charge on any atom is -0.367 e. The van der Waals surface area contributed by atoms with Crippen LogP contribution in [0.1, 0.15) is 37.6 Å². The van der Waals surface area contributed by atoms with Crippen LogP contribution in [0.2, 0.25) is 0 Å². The molecule has 30 heavy (non-hydrogen) atoms. The predicted molar refractivity (Wildman–Crippen MR) is 118 cm³/mol. The molecule has 2 aromatic rings. The number of fused-ring (bicyclic) bond motifs is 1. The van der Waals surface area contributed by atoms with Crippen LogP contribution >= 0.6 is 0 Å². The van der Waals surface area contributed by atoms with Crippen LogP contribution in [0.3, 0.4) is 0 Å². The Morgan fingerprint density at radius 3 is 2.47 bits per heavy atom. The van der Waals surface area contributed by atoms with E-state index in [4.69, 9.17) is 0 Å². The number of halogens is 1. The normalized spacial score (nSPS) is 22.5. The predicted octanol–water partition coefficient (Wildman–Crippen LogP) is 2.69. The molecule has 0 radical (unpaired) electrons. The van der Waals surface area contributed by atoms with Crippen LogP contribution < -0.4 is 15.6 Å². The van der Waals surface area contributed by atoms with Gasteiger partial charge >= 0.3 is 0 Å². The Morgan fingerprint density at radius 2 is 1.83 bits per heavy atom. The molecule has 2 fully saturated rings. The van der Waals surface area contributed by atoms with Gasteiger partial charge in [-0.25, -0.2) is 4.39 Å². The molecule has 2 aliphatic heterocycles. The molecule has 162 valence electrons. The van der Waals surface area contributed by atoms with Gasteiger partial charge in [0.25, 0.3) is 5.91 Å². The highest BCUT2D eigenvalue weighted by Crippen LogP contribution is 2.27. The summed E-state index contributed by atoms with van der Waals surface area (Å²) in [5, 5.41) is 3.54. The fourth-order valence-corrected chi connectivity index (χ4v) is 4.96. The van der Waals surface area contributed by atoms with Crippen molar-refractivity contribution in [2.45, 2.75) is 33.7 Å². The van der Waals surface area contributed by atoms with Gasteiger partial charge in [0.15, 0.2) is 0 Å². The van der Waals surface area contributed by atoms with Crippen molar-refractivity contribution in [3.63, 3.8) is 0 Å². The van der Waals surface area contributed by atoms with Crippen molar-refractivity contribution in [3.05, 3.63) is 39.9 Å². The summed E-state index contributed by atoms with van der Waals surface area (Å²) in [7, 11) is 0. The number of benzene rings is 1. The van der Waals surface area contributed by atoms with E-state index >= 15 is 4.39 Å². The molecule has 2 atom stereocenters. The molecule has 0 spiro atoms. The number of aryl methyl sites for hydroxylation is 1. The monoisotopic (exact) mass is 414 g/mol. The third kappa shape index (κ3) is 3.83. The van der Waals surface area contributed by atoms with Gasteiger partial charge in [0.05, 0.1) is 11.2 Å². The Hall–Kier alpha value is -2.41. The summed E-state index contributed by atoms with van der Waals surface area (Å²) >= 11 is 0. The van der Waals surface area contributed by atoms with Crippen LogP contribution in [0.15, 0.2) is 23.1 Å². The highest BCUT2D eigenvalue weighted by Gasteiger charge is 2.28. The first-order valence-electron chi connectivity index (χ1n) is 11.0. The lowest BCUT2D eigenvalue weighted by atomic mass is 9.91. The summed E-state index contributed by atoms with van der Waals surface area (Å²) in [6.07, 6.45) is 2.75. The van der Waals surface area contributed by atoms with E-state index in [9.17, 15) is 9.59 Å². The second kappa shape index (κ2) is 8.38. The Kier molecular flexibility index (Phi) is 5.82. The van der Waals surface area contributed by atoms with Crippen molar-refractivity contribution >= 4 is 22.5 Å². The number of pyridine rings is 1. The van der Waals surface area contributed by atoms with Gasteiger partial charge in [-0.05, 0) is 37.3 Å². The quantitative estimate of drug-likeness (QED) is 0.839. The lowest BCUT2D eigenvalue weighted by molar-refractivity contribution is 0.0621. The number of amides is 1. The number of rotatable bonds is 3. The number of piperidine rings is 1. The van der Waals surface area contributed by atoms with Crippen LogP contribution in [0.25, 0.3) is 10.9 Å². The number of hydrogen-bond acceptors (Lipinski definition) is 4. The SMILES string of the molecule is CCn1cc(C(=O)N2CC(C)CC(C)C2)c(=O)c2cc(F)c(N3CCNCC3)cc21. The fraction of sp³-hybridized carbons (Fsp3) is 0.565. The fourth-order valence-electron chi connectivity index (χ4n) is 4.96. The van der Waals surface area contributed by atoms with Crippen LogP contribution in [-0.4, -0.2) is 54.6 Å². The average molecular weight is 415 g/mol. The second-order valence-corrected chi connectivity index (χ2v) is 8.87. The molecule has 1 aromatic heterocycles. The number of nitrogens with zero attached hydrogens (tertiary/aromatic N) is 3. The Bertz CT molecular complexity index is 1000. The van der Waals surface area contributed by atoms with Crippen LogP contribution in [-0.2, 0) is 6.54 Å². The molecule has 4 rings (SSSR count). The van der Waals surface area contributed by atoms with Gasteiger partial charge < -0.3 is 19.7 Å². The number of anilines is 1. The highest BCUT2D eigenvalue weighted by atomic mass is 19.1. The smallest absolute Gasteiger partial charge is 0.259 e. The molecule has 0 bridgehead atoms. The van der Waals surface area contributed by atoms with Gasteiger partial charge in [-0.2, -0.15) is 0 Å². The summed E-state index contributed by atoms with van der Waals surface area (Å²) in [4.78, 5) is 30.2. The van der Waals surface area contributed by atoms with Crippen molar-refractivity contribution in [3.8, 4) is 0 Å². The van der Waals surface area contributed by atoms with Crippen molar-refractivity contribution in [2.24, 2.45) is 11.8 Å². The number of carbonyl (C=O) groups is 1. The molecule has 1 amide bonds. The molecule has 0 saturated carbocycles. The molecular weight excluding hydrogens is 383 g/mol. The largest absolute Gasteiger partial charge is 0.367 e. The molecule has 6 nitrogen and oxygen atoms in total.